The molecule has 6 nitrogen and oxygen atoms in total. The molecule has 0 aromatic rings. The van der Waals surface area contributed by atoms with Gasteiger partial charge in [-0.3, -0.25) is 4.90 Å². The summed E-state index contributed by atoms with van der Waals surface area (Å²) in [6.45, 7) is 15.4. The summed E-state index contributed by atoms with van der Waals surface area (Å²) in [4.78, 5) is 12.4. The molecule has 0 bridgehead atoms. The van der Waals surface area contributed by atoms with E-state index in [1.165, 1.54) is 136 Å². The number of likely N-dealkylation sites (N-methyl/N-ethyl adjacent to an activating group) is 1. The lowest BCUT2D eigenvalue weighted by molar-refractivity contribution is -0.236. The lowest BCUT2D eigenvalue weighted by atomic mass is 9.71. The first-order valence-electron chi connectivity index (χ1n) is 24.0. The molecule has 0 aliphatic heterocycles. The number of methoxy groups -OCH3 is 1. The van der Waals surface area contributed by atoms with Crippen LogP contribution in [0.4, 0.5) is 0 Å². The topological polar surface area (TPSA) is 60.4 Å². The van der Waals surface area contributed by atoms with Crippen molar-refractivity contribution in [3.05, 3.63) is 48.6 Å². The van der Waals surface area contributed by atoms with Gasteiger partial charge in [0.05, 0.1) is 13.2 Å². The Kier molecular flexibility index (Phi) is 36.0. The fourth-order valence-electron chi connectivity index (χ4n) is 7.26. The summed E-state index contributed by atoms with van der Waals surface area (Å²) < 4.78 is 23.7. The molecule has 0 amide bonds. The van der Waals surface area contributed by atoms with Gasteiger partial charge in [-0.1, -0.05) is 153 Å². The maximum absolute atomic E-state index is 10.1. The van der Waals surface area contributed by atoms with E-state index in [1.54, 1.807) is 0 Å². The molecule has 0 aromatic heterocycles. The number of rotatable bonds is 42. The Balaban J connectivity index is 4.90. The quantitative estimate of drug-likeness (QED) is 0.0286. The molecule has 0 saturated heterocycles. The van der Waals surface area contributed by atoms with Crippen LogP contribution in [0, 0.1) is 5.41 Å². The number of allylic oxidation sites excluding steroid dienone is 8. The maximum Gasteiger partial charge on any atom is 0.247 e. The SMILES string of the molecule is C=P(O)(OC)OCCN(C)C(C)(C)C(C)(C)CCOC(CCCCCCCC/C=C\C/C=C\CCCCC)(CCCCCCCC/C=C\C/C=C\CCCCC)OC. The minimum atomic E-state index is -2.99. The summed E-state index contributed by atoms with van der Waals surface area (Å²) in [5.41, 5.74) is -0.180. The fourth-order valence-corrected chi connectivity index (χ4v) is 7.74. The van der Waals surface area contributed by atoms with E-state index < -0.39 is 13.4 Å². The Labute approximate surface area is 362 Å². The zero-order chi connectivity index (χ0) is 43.3. The molecule has 342 valence electrons. The van der Waals surface area contributed by atoms with Crippen LogP contribution < -0.4 is 0 Å². The van der Waals surface area contributed by atoms with Crippen LogP contribution >= 0.6 is 7.57 Å². The molecule has 1 N–H and O–H groups in total. The van der Waals surface area contributed by atoms with Gasteiger partial charge in [0.15, 0.2) is 5.79 Å². The van der Waals surface area contributed by atoms with Gasteiger partial charge in [0.1, 0.15) is 0 Å². The lowest BCUT2D eigenvalue weighted by Crippen LogP contribution is -2.53. The van der Waals surface area contributed by atoms with Crippen LogP contribution in [0.3, 0.4) is 0 Å². The van der Waals surface area contributed by atoms with Crippen molar-refractivity contribution < 1.29 is 23.4 Å². The van der Waals surface area contributed by atoms with E-state index in [1.807, 2.05) is 7.11 Å². The third-order valence-corrected chi connectivity index (χ3v) is 13.8. The lowest BCUT2D eigenvalue weighted by Gasteiger charge is -2.48. The minimum Gasteiger partial charge on any atom is -0.353 e. The molecule has 0 rings (SSSR count). The monoisotopic (exact) mass is 836 g/mol. The van der Waals surface area contributed by atoms with E-state index in [9.17, 15) is 4.89 Å². The first-order valence-corrected chi connectivity index (χ1v) is 25.8. The van der Waals surface area contributed by atoms with Crippen molar-refractivity contribution in [1.82, 2.24) is 4.90 Å². The third kappa shape index (κ3) is 30.1. The van der Waals surface area contributed by atoms with Crippen molar-refractivity contribution in [1.29, 1.82) is 0 Å². The highest BCUT2D eigenvalue weighted by molar-refractivity contribution is 7.58. The zero-order valence-corrected chi connectivity index (χ0v) is 40.9. The zero-order valence-electron chi connectivity index (χ0n) is 40.0. The van der Waals surface area contributed by atoms with Crippen LogP contribution in [-0.2, 0) is 18.5 Å². The summed E-state index contributed by atoms with van der Waals surface area (Å²) >= 11 is 0. The molecule has 0 aliphatic rings. The fraction of sp³-hybridized carbons (Fsp3) is 0.824. The van der Waals surface area contributed by atoms with Crippen LogP contribution in [0.5, 0.6) is 0 Å². The molecule has 0 heterocycles. The van der Waals surface area contributed by atoms with E-state index in [-0.39, 0.29) is 11.0 Å². The molecule has 58 heavy (non-hydrogen) atoms. The smallest absolute Gasteiger partial charge is 0.247 e. The van der Waals surface area contributed by atoms with E-state index >= 15 is 0 Å². The summed E-state index contributed by atoms with van der Waals surface area (Å²) in [6.07, 6.45) is 55.3. The first kappa shape index (κ1) is 57.0. The van der Waals surface area contributed by atoms with Gasteiger partial charge in [-0.2, -0.15) is 0 Å². The standard InChI is InChI=1S/C51H98NO5P/c1-11-13-15-17-19-21-23-25-27-29-31-33-35-37-39-41-43-51(54-8,44-42-40-38-36-34-32-30-28-26-24-22-20-18-16-14-12-2)56-47-45-49(3,4)50(5,6)52(7)46-48-57-58(10,53)55-9/h19-22,25-28,53H,10-18,23-24,29-48H2,1-9H3/b21-19-,22-20-,27-25-,28-26-. The van der Waals surface area contributed by atoms with Gasteiger partial charge in [0.25, 0.3) is 0 Å². The van der Waals surface area contributed by atoms with Gasteiger partial charge < -0.3 is 23.4 Å². The number of ether oxygens (including phenoxy) is 2. The second-order valence-corrected chi connectivity index (χ2v) is 19.8. The van der Waals surface area contributed by atoms with Crippen LogP contribution in [-0.4, -0.2) is 68.4 Å². The van der Waals surface area contributed by atoms with Crippen LogP contribution in [0.2, 0.25) is 0 Å². The van der Waals surface area contributed by atoms with E-state index in [4.69, 9.17) is 18.5 Å². The summed E-state index contributed by atoms with van der Waals surface area (Å²) in [7, 11) is 2.43. The highest BCUT2D eigenvalue weighted by Gasteiger charge is 2.40. The largest absolute Gasteiger partial charge is 0.353 e. The number of nitrogens with zero attached hydrogens (tertiary/aromatic N) is 1. The van der Waals surface area contributed by atoms with Crippen LogP contribution in [0.25, 0.3) is 0 Å². The average molecular weight is 836 g/mol. The van der Waals surface area contributed by atoms with Crippen molar-refractivity contribution in [2.75, 3.05) is 41.0 Å². The molecule has 0 aromatic carbocycles. The van der Waals surface area contributed by atoms with Gasteiger partial charge in [0.2, 0.25) is 7.57 Å². The van der Waals surface area contributed by atoms with Crippen LogP contribution in [0.1, 0.15) is 215 Å². The molecule has 1 atom stereocenters. The molecule has 0 radical (unpaired) electrons. The normalized spacial score (nSPS) is 14.4. The first-order chi connectivity index (χ1) is 27.8. The maximum atomic E-state index is 10.1. The highest BCUT2D eigenvalue weighted by Crippen LogP contribution is 2.42. The Bertz CT molecular complexity index is 1050. The number of unbranched alkanes of at least 4 members (excludes halogenated alkanes) is 18. The Morgan fingerprint density at radius 1 is 0.552 bits per heavy atom. The van der Waals surface area contributed by atoms with Crippen LogP contribution in [0.15, 0.2) is 48.6 Å². The molecule has 1 unspecified atom stereocenters. The van der Waals surface area contributed by atoms with Gasteiger partial charge >= 0.3 is 0 Å². The molecule has 0 spiro atoms. The number of hydrogen-bond donors (Lipinski definition) is 1. The second-order valence-electron chi connectivity index (χ2n) is 17.9. The molecule has 7 heteroatoms. The minimum absolute atomic E-state index is 0.0430. The number of hydrogen-bond acceptors (Lipinski definition) is 6. The van der Waals surface area contributed by atoms with Crippen molar-refractivity contribution >= 4 is 13.9 Å². The molecule has 0 fully saturated rings. The molecular weight excluding hydrogens is 738 g/mol. The summed E-state index contributed by atoms with van der Waals surface area (Å²) in [5.74, 6) is -0.521. The van der Waals surface area contributed by atoms with E-state index in [0.717, 1.165) is 44.9 Å². The molecule has 0 aliphatic carbocycles. The second kappa shape index (κ2) is 36.7. The average Bonchev–Trinajstić information content (AvgIpc) is 3.19. The summed E-state index contributed by atoms with van der Waals surface area (Å²) in [5, 5.41) is 0. The third-order valence-electron chi connectivity index (χ3n) is 12.6. The highest BCUT2D eigenvalue weighted by atomic mass is 31.2. The van der Waals surface area contributed by atoms with E-state index in [2.05, 4.69) is 108 Å². The van der Waals surface area contributed by atoms with Crippen molar-refractivity contribution in [2.24, 2.45) is 5.41 Å². The van der Waals surface area contributed by atoms with Crippen molar-refractivity contribution in [2.45, 2.75) is 226 Å². The predicted octanol–water partition coefficient (Wildman–Crippen LogP) is 15.7. The van der Waals surface area contributed by atoms with Gasteiger partial charge in [-0.15, -0.1) is 0 Å². The predicted molar refractivity (Wildman–Crippen MR) is 258 cm³/mol. The van der Waals surface area contributed by atoms with E-state index in [0.29, 0.717) is 19.8 Å². The Morgan fingerprint density at radius 3 is 1.34 bits per heavy atom. The van der Waals surface area contributed by atoms with Gasteiger partial charge in [-0.05, 0) is 116 Å². The van der Waals surface area contributed by atoms with Crippen molar-refractivity contribution in [3.8, 4) is 0 Å². The Morgan fingerprint density at radius 2 is 0.948 bits per heavy atom. The van der Waals surface area contributed by atoms with Crippen molar-refractivity contribution in [3.63, 3.8) is 0 Å². The summed E-state index contributed by atoms with van der Waals surface area (Å²) in [6, 6.07) is 0. The molecule has 0 saturated carbocycles. The Hall–Kier alpha value is -0.980. The van der Waals surface area contributed by atoms with Gasteiger partial charge in [-0.25, -0.2) is 0 Å². The molecular formula is C51H98NO5P. The van der Waals surface area contributed by atoms with Gasteiger partial charge in [0, 0.05) is 39.1 Å².